The predicted octanol–water partition coefficient (Wildman–Crippen LogP) is 2.80. The summed E-state index contributed by atoms with van der Waals surface area (Å²) in [4.78, 5) is 4.38. The van der Waals surface area contributed by atoms with Gasteiger partial charge in [0.2, 0.25) is 0 Å². The Morgan fingerprint density at radius 1 is 1.28 bits per heavy atom. The summed E-state index contributed by atoms with van der Waals surface area (Å²) in [6, 6.07) is 5.87. The van der Waals surface area contributed by atoms with Gasteiger partial charge in [-0.15, -0.1) is 0 Å². The zero-order valence-corrected chi connectivity index (χ0v) is 11.1. The number of nitrogens with two attached hydrogens (primary N) is 1. The Labute approximate surface area is 108 Å². The number of pyridine rings is 1. The molecule has 18 heavy (non-hydrogen) atoms. The largest absolute Gasteiger partial charge is 0.383 e. The summed E-state index contributed by atoms with van der Waals surface area (Å²) in [5.74, 6) is 0.695. The number of nitrogen functional groups attached to an aromatic ring is 1. The highest BCUT2D eigenvalue weighted by molar-refractivity contribution is 5.73. The van der Waals surface area contributed by atoms with Gasteiger partial charge in [0.1, 0.15) is 5.82 Å². The zero-order chi connectivity index (χ0) is 13.0. The molecule has 0 radical (unpaired) electrons. The van der Waals surface area contributed by atoms with Crippen molar-refractivity contribution < 1.29 is 0 Å². The predicted molar refractivity (Wildman–Crippen MR) is 74.1 cm³/mol. The molecule has 2 heterocycles. The van der Waals surface area contributed by atoms with Gasteiger partial charge in [-0.3, -0.25) is 9.67 Å². The van der Waals surface area contributed by atoms with Gasteiger partial charge in [0.05, 0.1) is 17.0 Å². The third-order valence-corrected chi connectivity index (χ3v) is 3.10. The van der Waals surface area contributed by atoms with E-state index in [2.05, 4.69) is 17.0 Å². The van der Waals surface area contributed by atoms with Crippen LogP contribution in [0.25, 0.3) is 11.3 Å². The number of anilines is 1. The van der Waals surface area contributed by atoms with E-state index in [1.807, 2.05) is 25.2 Å². The smallest absolute Gasteiger partial charge is 0.131 e. The van der Waals surface area contributed by atoms with E-state index in [9.17, 15) is 0 Å². The molecule has 2 rings (SSSR count). The average Bonchev–Trinajstić information content (AvgIpc) is 2.67. The lowest BCUT2D eigenvalue weighted by molar-refractivity contribution is 0.685. The van der Waals surface area contributed by atoms with Crippen molar-refractivity contribution in [3.05, 3.63) is 30.1 Å². The minimum absolute atomic E-state index is 0.695. The van der Waals surface area contributed by atoms with Gasteiger partial charge in [0.15, 0.2) is 0 Å². The Balaban J connectivity index is 2.33. The molecule has 4 heteroatoms. The Morgan fingerprint density at radius 3 is 2.78 bits per heavy atom. The summed E-state index contributed by atoms with van der Waals surface area (Å²) in [6.45, 7) is 2.20. The third kappa shape index (κ3) is 2.53. The second-order valence-corrected chi connectivity index (χ2v) is 4.50. The first-order valence-electron chi connectivity index (χ1n) is 6.46. The Morgan fingerprint density at radius 2 is 2.11 bits per heavy atom. The second kappa shape index (κ2) is 5.67. The van der Waals surface area contributed by atoms with Crippen molar-refractivity contribution in [2.75, 3.05) is 5.73 Å². The van der Waals surface area contributed by atoms with E-state index in [1.165, 1.54) is 12.8 Å². The number of hydrogen-bond donors (Lipinski definition) is 1. The van der Waals surface area contributed by atoms with Crippen molar-refractivity contribution >= 4 is 5.82 Å². The van der Waals surface area contributed by atoms with E-state index >= 15 is 0 Å². The molecule has 0 fully saturated rings. The molecule has 0 spiro atoms. The SMILES string of the molecule is CCCCCc1nn(C)c(N)c1-c1ccccn1. The maximum atomic E-state index is 6.10. The van der Waals surface area contributed by atoms with Gasteiger partial charge in [0.25, 0.3) is 0 Å². The second-order valence-electron chi connectivity index (χ2n) is 4.50. The summed E-state index contributed by atoms with van der Waals surface area (Å²) in [5.41, 5.74) is 9.06. The Kier molecular flexibility index (Phi) is 3.97. The lowest BCUT2D eigenvalue weighted by Crippen LogP contribution is -1.98. The van der Waals surface area contributed by atoms with E-state index < -0.39 is 0 Å². The van der Waals surface area contributed by atoms with Crippen LogP contribution in [0.4, 0.5) is 5.82 Å². The minimum atomic E-state index is 0.695. The first kappa shape index (κ1) is 12.6. The molecule has 0 aliphatic rings. The van der Waals surface area contributed by atoms with Crippen LogP contribution in [0, 0.1) is 0 Å². The van der Waals surface area contributed by atoms with Crippen molar-refractivity contribution in [3.63, 3.8) is 0 Å². The van der Waals surface area contributed by atoms with Gasteiger partial charge in [-0.25, -0.2) is 0 Å². The monoisotopic (exact) mass is 244 g/mol. The van der Waals surface area contributed by atoms with Crippen LogP contribution >= 0.6 is 0 Å². The van der Waals surface area contributed by atoms with Crippen molar-refractivity contribution in [1.29, 1.82) is 0 Å². The Bertz CT molecular complexity index is 502. The molecule has 4 nitrogen and oxygen atoms in total. The number of unbranched alkanes of at least 4 members (excludes halogenated alkanes) is 2. The summed E-state index contributed by atoms with van der Waals surface area (Å²) < 4.78 is 1.74. The molecule has 2 N–H and O–H groups in total. The van der Waals surface area contributed by atoms with Gasteiger partial charge in [-0.2, -0.15) is 5.10 Å². The minimum Gasteiger partial charge on any atom is -0.383 e. The lowest BCUT2D eigenvalue weighted by atomic mass is 10.1. The molecule has 0 aliphatic carbocycles. The molecule has 0 aromatic carbocycles. The van der Waals surface area contributed by atoms with Crippen molar-refractivity contribution in [3.8, 4) is 11.3 Å². The molecule has 0 saturated heterocycles. The summed E-state index contributed by atoms with van der Waals surface area (Å²) in [5, 5.41) is 4.51. The van der Waals surface area contributed by atoms with Crippen LogP contribution < -0.4 is 5.73 Å². The standard InChI is InChI=1S/C14H20N4/c1-3-4-5-9-12-13(14(15)18(2)17-12)11-8-6-7-10-16-11/h6-8,10H,3-5,9,15H2,1-2H3. The fourth-order valence-corrected chi connectivity index (χ4v) is 2.10. The van der Waals surface area contributed by atoms with Crippen LogP contribution in [0.15, 0.2) is 24.4 Å². The third-order valence-electron chi connectivity index (χ3n) is 3.10. The topological polar surface area (TPSA) is 56.7 Å². The lowest BCUT2D eigenvalue weighted by Gasteiger charge is -2.02. The average molecular weight is 244 g/mol. The van der Waals surface area contributed by atoms with Gasteiger partial charge in [-0.05, 0) is 25.0 Å². The van der Waals surface area contributed by atoms with Crippen LogP contribution in [-0.4, -0.2) is 14.8 Å². The maximum absolute atomic E-state index is 6.10. The highest BCUT2D eigenvalue weighted by Crippen LogP contribution is 2.28. The summed E-state index contributed by atoms with van der Waals surface area (Å²) in [7, 11) is 1.88. The molecule has 96 valence electrons. The molecule has 2 aromatic rings. The molecule has 0 amide bonds. The fraction of sp³-hybridized carbons (Fsp3) is 0.429. The van der Waals surface area contributed by atoms with Crippen molar-refractivity contribution in [1.82, 2.24) is 14.8 Å². The maximum Gasteiger partial charge on any atom is 0.131 e. The molecule has 0 bridgehead atoms. The van der Waals surface area contributed by atoms with Crippen molar-refractivity contribution in [2.45, 2.75) is 32.6 Å². The van der Waals surface area contributed by atoms with E-state index in [1.54, 1.807) is 10.9 Å². The zero-order valence-electron chi connectivity index (χ0n) is 11.1. The summed E-state index contributed by atoms with van der Waals surface area (Å²) >= 11 is 0. The first-order chi connectivity index (χ1) is 8.74. The molecule has 0 unspecified atom stereocenters. The van der Waals surface area contributed by atoms with E-state index in [0.29, 0.717) is 5.82 Å². The fourth-order valence-electron chi connectivity index (χ4n) is 2.10. The molecule has 0 saturated carbocycles. The number of aryl methyl sites for hydroxylation is 2. The van der Waals surface area contributed by atoms with Gasteiger partial charge in [-0.1, -0.05) is 25.8 Å². The normalized spacial score (nSPS) is 10.8. The number of nitrogens with zero attached hydrogens (tertiary/aromatic N) is 3. The van der Waals surface area contributed by atoms with E-state index in [0.717, 1.165) is 29.8 Å². The summed E-state index contributed by atoms with van der Waals surface area (Å²) in [6.07, 6.45) is 6.33. The molecular weight excluding hydrogens is 224 g/mol. The van der Waals surface area contributed by atoms with Gasteiger partial charge >= 0.3 is 0 Å². The van der Waals surface area contributed by atoms with Crippen LogP contribution in [0.1, 0.15) is 31.9 Å². The highest BCUT2D eigenvalue weighted by Gasteiger charge is 2.15. The highest BCUT2D eigenvalue weighted by atomic mass is 15.3. The van der Waals surface area contributed by atoms with E-state index in [4.69, 9.17) is 5.73 Å². The van der Waals surface area contributed by atoms with Crippen LogP contribution in [0.5, 0.6) is 0 Å². The molecule has 2 aromatic heterocycles. The molecular formula is C14H20N4. The number of aromatic nitrogens is 3. The first-order valence-corrected chi connectivity index (χ1v) is 6.46. The van der Waals surface area contributed by atoms with E-state index in [-0.39, 0.29) is 0 Å². The molecule has 0 aliphatic heterocycles. The quantitative estimate of drug-likeness (QED) is 0.823. The van der Waals surface area contributed by atoms with Crippen molar-refractivity contribution in [2.24, 2.45) is 7.05 Å². The molecule has 0 atom stereocenters. The van der Waals surface area contributed by atoms with Crippen LogP contribution in [-0.2, 0) is 13.5 Å². The van der Waals surface area contributed by atoms with Gasteiger partial charge in [0, 0.05) is 13.2 Å². The number of rotatable bonds is 5. The Hall–Kier alpha value is -1.84. The van der Waals surface area contributed by atoms with Crippen LogP contribution in [0.3, 0.4) is 0 Å². The van der Waals surface area contributed by atoms with Crippen LogP contribution in [0.2, 0.25) is 0 Å². The number of hydrogen-bond acceptors (Lipinski definition) is 3. The van der Waals surface area contributed by atoms with Gasteiger partial charge < -0.3 is 5.73 Å².